The van der Waals surface area contributed by atoms with Crippen LogP contribution in [0.3, 0.4) is 0 Å². The van der Waals surface area contributed by atoms with Gasteiger partial charge in [-0.25, -0.2) is 13.8 Å². The van der Waals surface area contributed by atoms with Gasteiger partial charge in [0.2, 0.25) is 0 Å². The van der Waals surface area contributed by atoms with Crippen LogP contribution in [0.2, 0.25) is 0 Å². The summed E-state index contributed by atoms with van der Waals surface area (Å²) in [7, 11) is 0. The molecule has 0 aliphatic rings. The zero-order chi connectivity index (χ0) is 27.4. The number of hydrogen-bond donors (Lipinski definition) is 2. The number of hydrogen-bond acceptors (Lipinski definition) is 6. The van der Waals surface area contributed by atoms with Gasteiger partial charge in [0, 0.05) is 43.3 Å². The summed E-state index contributed by atoms with van der Waals surface area (Å²) in [5.41, 5.74) is 2.02. The largest absolute Gasteiger partial charge is 0.453 e. The highest BCUT2D eigenvalue weighted by Crippen LogP contribution is 2.39. The Morgan fingerprint density at radius 2 is 1.85 bits per heavy atom. The second-order valence-electron chi connectivity index (χ2n) is 8.52. The molecule has 0 aliphatic carbocycles. The first-order chi connectivity index (χ1) is 18.9. The van der Waals surface area contributed by atoms with Crippen molar-refractivity contribution in [2.75, 3.05) is 11.9 Å². The number of halogens is 2. The molecule has 0 aliphatic heterocycles. The lowest BCUT2D eigenvalue weighted by Gasteiger charge is -2.10. The molecule has 11 heteroatoms. The first kappa shape index (κ1) is 26.0. The summed E-state index contributed by atoms with van der Waals surface area (Å²) >= 11 is 1.44. The zero-order valence-electron chi connectivity index (χ0n) is 20.8. The van der Waals surface area contributed by atoms with Gasteiger partial charge in [-0.15, -0.1) is 11.3 Å². The van der Waals surface area contributed by atoms with Crippen molar-refractivity contribution in [3.63, 3.8) is 0 Å². The van der Waals surface area contributed by atoms with Crippen LogP contribution in [0.15, 0.2) is 73.3 Å². The van der Waals surface area contributed by atoms with Crippen molar-refractivity contribution in [1.82, 2.24) is 19.9 Å². The summed E-state index contributed by atoms with van der Waals surface area (Å²) in [4.78, 5) is 34.1. The number of ether oxygens (including phenoxy) is 1. The standard InChI is InChI=1S/C28H23F2N5O3S/c1-2-35-15-22(33-16-35)25-14-21-26(39-25)24(10-12-31-21)38-23-8-7-18(13-20(23)30)34-28(37)27(36)32-11-9-17-5-3-4-6-19(17)29/h3-8,10,12-16H,2,9,11H2,1H3,(H,32,36)(H,34,37). The SMILES string of the molecule is CCn1cnc(-c2cc3nccc(Oc4ccc(NC(=O)C(=O)NCCc5ccccc5F)cc4F)c3s2)c1. The van der Waals surface area contributed by atoms with Crippen LogP contribution in [0.25, 0.3) is 20.8 Å². The molecule has 5 aromatic rings. The van der Waals surface area contributed by atoms with Crippen molar-refractivity contribution < 1.29 is 23.1 Å². The van der Waals surface area contributed by atoms with E-state index in [9.17, 15) is 18.4 Å². The molecule has 0 spiro atoms. The van der Waals surface area contributed by atoms with Crippen LogP contribution in [0.4, 0.5) is 14.5 Å². The van der Waals surface area contributed by atoms with E-state index in [0.29, 0.717) is 16.8 Å². The number of imidazole rings is 1. The second kappa shape index (κ2) is 11.4. The summed E-state index contributed by atoms with van der Waals surface area (Å²) in [6.07, 6.45) is 5.51. The monoisotopic (exact) mass is 547 g/mol. The van der Waals surface area contributed by atoms with Crippen molar-refractivity contribution in [2.45, 2.75) is 19.9 Å². The number of nitrogens with zero attached hydrogens (tertiary/aromatic N) is 3. The summed E-state index contributed by atoms with van der Waals surface area (Å²) in [6, 6.07) is 13.6. The predicted molar refractivity (Wildman–Crippen MR) is 145 cm³/mol. The maximum absolute atomic E-state index is 14.9. The molecule has 5 rings (SSSR count). The van der Waals surface area contributed by atoms with E-state index in [1.165, 1.54) is 29.5 Å². The molecule has 0 bridgehead atoms. The second-order valence-corrected chi connectivity index (χ2v) is 9.57. The van der Waals surface area contributed by atoms with Crippen LogP contribution in [0.1, 0.15) is 12.5 Å². The number of carbonyl (C=O) groups is 2. The van der Waals surface area contributed by atoms with E-state index in [1.54, 1.807) is 36.8 Å². The lowest BCUT2D eigenvalue weighted by molar-refractivity contribution is -0.136. The van der Waals surface area contributed by atoms with Gasteiger partial charge in [0.1, 0.15) is 11.6 Å². The van der Waals surface area contributed by atoms with Gasteiger partial charge in [-0.2, -0.15) is 0 Å². The molecule has 0 saturated heterocycles. The number of fused-ring (bicyclic) bond motifs is 1. The topological polar surface area (TPSA) is 98.1 Å². The molecule has 0 saturated carbocycles. The number of aryl methyl sites for hydroxylation is 1. The Kier molecular flexibility index (Phi) is 7.60. The van der Waals surface area contributed by atoms with Gasteiger partial charge >= 0.3 is 11.8 Å². The third kappa shape index (κ3) is 5.93. The minimum absolute atomic E-state index is 0.0555. The van der Waals surface area contributed by atoms with Gasteiger partial charge in [0.15, 0.2) is 11.6 Å². The number of amides is 2. The molecule has 3 heterocycles. The zero-order valence-corrected chi connectivity index (χ0v) is 21.6. The summed E-state index contributed by atoms with van der Waals surface area (Å²) in [5.74, 6) is -2.62. The number of nitrogens with one attached hydrogen (secondary N) is 2. The van der Waals surface area contributed by atoms with Gasteiger partial charge in [-0.05, 0) is 43.2 Å². The van der Waals surface area contributed by atoms with Crippen LogP contribution in [-0.4, -0.2) is 32.9 Å². The fourth-order valence-electron chi connectivity index (χ4n) is 3.84. The van der Waals surface area contributed by atoms with Gasteiger partial charge in [-0.3, -0.25) is 14.6 Å². The molecule has 0 fully saturated rings. The van der Waals surface area contributed by atoms with Crippen molar-refractivity contribution in [3.05, 3.63) is 90.5 Å². The lowest BCUT2D eigenvalue weighted by atomic mass is 10.1. The average molecular weight is 548 g/mol. The first-order valence-corrected chi connectivity index (χ1v) is 12.9. The maximum atomic E-state index is 14.9. The van der Waals surface area contributed by atoms with E-state index in [4.69, 9.17) is 4.74 Å². The molecule has 198 valence electrons. The van der Waals surface area contributed by atoms with Crippen molar-refractivity contribution >= 4 is 39.1 Å². The fraction of sp³-hybridized carbons (Fsp3) is 0.143. The number of pyridine rings is 1. The van der Waals surface area contributed by atoms with Crippen LogP contribution in [0, 0.1) is 11.6 Å². The van der Waals surface area contributed by atoms with Gasteiger partial charge in [-0.1, -0.05) is 18.2 Å². The van der Waals surface area contributed by atoms with Crippen LogP contribution < -0.4 is 15.4 Å². The Balaban J connectivity index is 1.23. The smallest absolute Gasteiger partial charge is 0.313 e. The van der Waals surface area contributed by atoms with Gasteiger partial charge in [0.25, 0.3) is 0 Å². The summed E-state index contributed by atoms with van der Waals surface area (Å²) in [5, 5.41) is 4.78. The van der Waals surface area contributed by atoms with E-state index >= 15 is 0 Å². The number of carbonyl (C=O) groups excluding carboxylic acids is 2. The van der Waals surface area contributed by atoms with Crippen LogP contribution in [-0.2, 0) is 22.6 Å². The van der Waals surface area contributed by atoms with Crippen molar-refractivity contribution in [2.24, 2.45) is 0 Å². The van der Waals surface area contributed by atoms with Gasteiger partial charge in [0.05, 0.1) is 27.1 Å². The van der Waals surface area contributed by atoms with Crippen molar-refractivity contribution in [1.29, 1.82) is 0 Å². The number of anilines is 1. The highest BCUT2D eigenvalue weighted by molar-refractivity contribution is 7.22. The van der Waals surface area contributed by atoms with Crippen LogP contribution >= 0.6 is 11.3 Å². The third-order valence-corrected chi connectivity index (χ3v) is 7.04. The number of thiophene rings is 1. The molecule has 3 aromatic heterocycles. The van der Waals surface area contributed by atoms with E-state index < -0.39 is 17.6 Å². The Labute approximate surface area is 226 Å². The van der Waals surface area contributed by atoms with Gasteiger partial charge < -0.3 is 19.9 Å². The molecular weight excluding hydrogens is 524 g/mol. The molecule has 2 amide bonds. The average Bonchev–Trinajstić information content (AvgIpc) is 3.59. The van der Waals surface area contributed by atoms with Crippen LogP contribution in [0.5, 0.6) is 11.5 Å². The van der Waals surface area contributed by atoms with E-state index in [0.717, 1.165) is 27.9 Å². The highest BCUT2D eigenvalue weighted by Gasteiger charge is 2.17. The Hall–Kier alpha value is -4.64. The van der Waals surface area contributed by atoms with E-state index in [-0.39, 0.29) is 30.2 Å². The molecular formula is C28H23F2N5O3S. The van der Waals surface area contributed by atoms with E-state index in [2.05, 4.69) is 20.6 Å². The molecule has 2 aromatic carbocycles. The third-order valence-electron chi connectivity index (χ3n) is 5.88. The maximum Gasteiger partial charge on any atom is 0.313 e. The molecule has 39 heavy (non-hydrogen) atoms. The lowest BCUT2D eigenvalue weighted by Crippen LogP contribution is -2.36. The Morgan fingerprint density at radius 1 is 1.00 bits per heavy atom. The molecule has 0 radical (unpaired) electrons. The Morgan fingerprint density at radius 3 is 2.62 bits per heavy atom. The molecule has 8 nitrogen and oxygen atoms in total. The molecule has 2 N–H and O–H groups in total. The van der Waals surface area contributed by atoms with Crippen molar-refractivity contribution in [3.8, 4) is 22.1 Å². The predicted octanol–water partition coefficient (Wildman–Crippen LogP) is 5.55. The normalized spacial score (nSPS) is 10.9. The minimum atomic E-state index is -0.968. The first-order valence-electron chi connectivity index (χ1n) is 12.1. The number of aromatic nitrogens is 3. The number of rotatable bonds is 8. The Bertz CT molecular complexity index is 1670. The summed E-state index contributed by atoms with van der Waals surface area (Å²) in [6.45, 7) is 2.90. The number of benzene rings is 2. The fourth-order valence-corrected chi connectivity index (χ4v) is 4.87. The highest BCUT2D eigenvalue weighted by atomic mass is 32.1. The minimum Gasteiger partial charge on any atom is -0.453 e. The molecule has 0 unspecified atom stereocenters. The summed E-state index contributed by atoms with van der Waals surface area (Å²) < 4.78 is 37.1. The molecule has 0 atom stereocenters. The van der Waals surface area contributed by atoms with E-state index in [1.807, 2.05) is 23.8 Å². The quantitative estimate of drug-likeness (QED) is 0.248.